The molecular weight excluding hydrogens is 222 g/mol. The normalized spacial score (nSPS) is 10.2. The number of anilines is 1. The first-order chi connectivity index (χ1) is 8.16. The maximum absolute atomic E-state index is 10.6. The number of H-pyrrole nitrogens is 1. The first-order valence-electron chi connectivity index (χ1n) is 5.00. The number of nitrogens with one attached hydrogen (secondary N) is 2. The minimum Gasteiger partial charge on any atom is -0.363 e. The van der Waals surface area contributed by atoms with Gasteiger partial charge in [-0.3, -0.25) is 10.1 Å². The molecule has 0 aromatic carbocycles. The summed E-state index contributed by atoms with van der Waals surface area (Å²) in [6, 6.07) is 1.64. The maximum atomic E-state index is 10.6. The number of aromatic amines is 1. The van der Waals surface area contributed by atoms with Crippen LogP contribution in [-0.2, 0) is 6.54 Å². The van der Waals surface area contributed by atoms with Crippen LogP contribution >= 0.6 is 0 Å². The molecule has 88 valence electrons. The van der Waals surface area contributed by atoms with Gasteiger partial charge in [0.2, 0.25) is 0 Å². The zero-order chi connectivity index (χ0) is 12.3. The summed E-state index contributed by atoms with van der Waals surface area (Å²) in [6.07, 6.45) is 4.64. The van der Waals surface area contributed by atoms with E-state index >= 15 is 0 Å². The Hall–Kier alpha value is -2.44. The van der Waals surface area contributed by atoms with Crippen molar-refractivity contribution in [1.29, 1.82) is 0 Å². The molecule has 0 radical (unpaired) electrons. The van der Waals surface area contributed by atoms with Crippen LogP contribution in [0.25, 0.3) is 0 Å². The molecule has 0 amide bonds. The van der Waals surface area contributed by atoms with E-state index in [0.29, 0.717) is 17.9 Å². The zero-order valence-corrected chi connectivity index (χ0v) is 9.17. The highest BCUT2D eigenvalue weighted by atomic mass is 16.6. The van der Waals surface area contributed by atoms with Crippen LogP contribution in [-0.4, -0.2) is 19.9 Å². The Kier molecular flexibility index (Phi) is 2.99. The summed E-state index contributed by atoms with van der Waals surface area (Å²) in [4.78, 5) is 21.1. The molecule has 7 nitrogen and oxygen atoms in total. The van der Waals surface area contributed by atoms with Crippen LogP contribution < -0.4 is 5.32 Å². The molecular formula is C10H11N5O2. The van der Waals surface area contributed by atoms with Crippen molar-refractivity contribution >= 4 is 11.5 Å². The Morgan fingerprint density at radius 1 is 1.53 bits per heavy atom. The Morgan fingerprint density at radius 3 is 2.94 bits per heavy atom. The second kappa shape index (κ2) is 4.60. The van der Waals surface area contributed by atoms with Crippen molar-refractivity contribution in [2.45, 2.75) is 13.5 Å². The fraction of sp³-hybridized carbons (Fsp3) is 0.200. The molecule has 0 saturated heterocycles. The van der Waals surface area contributed by atoms with Gasteiger partial charge in [-0.1, -0.05) is 0 Å². The highest BCUT2D eigenvalue weighted by Gasteiger charge is 2.11. The van der Waals surface area contributed by atoms with E-state index in [4.69, 9.17) is 0 Å². The summed E-state index contributed by atoms with van der Waals surface area (Å²) >= 11 is 0. The average molecular weight is 233 g/mol. The highest BCUT2D eigenvalue weighted by molar-refractivity contribution is 5.46. The number of nitro groups is 1. The van der Waals surface area contributed by atoms with Crippen LogP contribution in [0.5, 0.6) is 0 Å². The highest BCUT2D eigenvalue weighted by Crippen LogP contribution is 2.18. The number of aromatic nitrogens is 3. The maximum Gasteiger partial charge on any atom is 0.290 e. The first kappa shape index (κ1) is 11.1. The number of hydrogen-bond donors (Lipinski definition) is 2. The zero-order valence-electron chi connectivity index (χ0n) is 9.17. The third kappa shape index (κ3) is 2.57. The number of nitrogens with zero attached hydrogens (tertiary/aromatic N) is 3. The fourth-order valence-corrected chi connectivity index (χ4v) is 1.41. The molecule has 0 spiro atoms. The quantitative estimate of drug-likeness (QED) is 0.618. The van der Waals surface area contributed by atoms with Crippen molar-refractivity contribution in [1.82, 2.24) is 15.0 Å². The summed E-state index contributed by atoms with van der Waals surface area (Å²) < 4.78 is 0. The van der Waals surface area contributed by atoms with Gasteiger partial charge in [0.25, 0.3) is 5.69 Å². The molecule has 2 rings (SSSR count). The number of imidazole rings is 1. The molecule has 7 heteroatoms. The van der Waals surface area contributed by atoms with Crippen LogP contribution in [0, 0.1) is 17.0 Å². The largest absolute Gasteiger partial charge is 0.363 e. The molecule has 2 aromatic rings. The molecule has 2 heterocycles. The third-order valence-corrected chi connectivity index (χ3v) is 2.27. The van der Waals surface area contributed by atoms with Gasteiger partial charge in [-0.25, -0.2) is 9.97 Å². The van der Waals surface area contributed by atoms with E-state index in [9.17, 15) is 10.1 Å². The second-order valence-electron chi connectivity index (χ2n) is 3.50. The molecule has 0 unspecified atom stereocenters. The molecule has 0 bridgehead atoms. The Labute approximate surface area is 97.1 Å². The Morgan fingerprint density at radius 2 is 2.35 bits per heavy atom. The average Bonchev–Trinajstić information content (AvgIpc) is 2.78. The lowest BCUT2D eigenvalue weighted by molar-refractivity contribution is -0.385. The minimum absolute atomic E-state index is 0.0218. The van der Waals surface area contributed by atoms with E-state index in [-0.39, 0.29) is 5.69 Å². The number of pyridine rings is 1. The van der Waals surface area contributed by atoms with E-state index in [1.807, 2.05) is 0 Å². The van der Waals surface area contributed by atoms with Crippen molar-refractivity contribution in [2.24, 2.45) is 0 Å². The van der Waals surface area contributed by atoms with Gasteiger partial charge >= 0.3 is 0 Å². The SMILES string of the molecule is Cc1cc(NCc2ncc[nH]2)ncc1[N+](=O)[O-]. The first-order valence-corrected chi connectivity index (χ1v) is 5.00. The van der Waals surface area contributed by atoms with Crippen LogP contribution in [0.15, 0.2) is 24.7 Å². The van der Waals surface area contributed by atoms with Gasteiger partial charge in [0.05, 0.1) is 11.5 Å². The van der Waals surface area contributed by atoms with Gasteiger partial charge in [0.1, 0.15) is 17.8 Å². The van der Waals surface area contributed by atoms with E-state index in [2.05, 4.69) is 20.3 Å². The van der Waals surface area contributed by atoms with E-state index in [0.717, 1.165) is 5.82 Å². The minimum atomic E-state index is -0.446. The van der Waals surface area contributed by atoms with Gasteiger partial charge in [0.15, 0.2) is 0 Å². The molecule has 0 atom stereocenters. The standard InChI is InChI=1S/C10H11N5O2/c1-7-4-9(13-5-8(7)15(16)17)14-6-10-11-2-3-12-10/h2-5H,6H2,1H3,(H,11,12)(H,13,14). The Balaban J connectivity index is 2.07. The van der Waals surface area contributed by atoms with Crippen molar-refractivity contribution < 1.29 is 4.92 Å². The van der Waals surface area contributed by atoms with E-state index < -0.39 is 4.92 Å². The second-order valence-corrected chi connectivity index (χ2v) is 3.50. The van der Waals surface area contributed by atoms with Crippen LogP contribution in [0.4, 0.5) is 11.5 Å². The molecule has 2 aromatic heterocycles. The lowest BCUT2D eigenvalue weighted by Gasteiger charge is -2.04. The predicted molar refractivity (Wildman–Crippen MR) is 61.5 cm³/mol. The van der Waals surface area contributed by atoms with Gasteiger partial charge in [-0.2, -0.15) is 0 Å². The number of hydrogen-bond acceptors (Lipinski definition) is 5. The van der Waals surface area contributed by atoms with Gasteiger partial charge in [-0.15, -0.1) is 0 Å². The molecule has 0 aliphatic heterocycles. The molecule has 0 fully saturated rings. The molecule has 17 heavy (non-hydrogen) atoms. The third-order valence-electron chi connectivity index (χ3n) is 2.27. The van der Waals surface area contributed by atoms with Gasteiger partial charge < -0.3 is 10.3 Å². The summed E-state index contributed by atoms with van der Waals surface area (Å²) in [5.41, 5.74) is 0.598. The summed E-state index contributed by atoms with van der Waals surface area (Å²) in [5.74, 6) is 1.37. The van der Waals surface area contributed by atoms with Gasteiger partial charge in [-0.05, 0) is 13.0 Å². The summed E-state index contributed by atoms with van der Waals surface area (Å²) in [6.45, 7) is 2.18. The van der Waals surface area contributed by atoms with Crippen LogP contribution in [0.2, 0.25) is 0 Å². The van der Waals surface area contributed by atoms with Crippen LogP contribution in [0.3, 0.4) is 0 Å². The molecule has 0 saturated carbocycles. The summed E-state index contributed by atoms with van der Waals surface area (Å²) in [7, 11) is 0. The fourth-order valence-electron chi connectivity index (χ4n) is 1.41. The lowest BCUT2D eigenvalue weighted by Crippen LogP contribution is -2.04. The van der Waals surface area contributed by atoms with Crippen molar-refractivity contribution in [2.75, 3.05) is 5.32 Å². The smallest absolute Gasteiger partial charge is 0.290 e. The van der Waals surface area contributed by atoms with E-state index in [1.165, 1.54) is 6.20 Å². The van der Waals surface area contributed by atoms with Crippen molar-refractivity contribution in [3.8, 4) is 0 Å². The lowest BCUT2D eigenvalue weighted by atomic mass is 10.2. The molecule has 0 aliphatic carbocycles. The topological polar surface area (TPSA) is 96.7 Å². The number of aryl methyl sites for hydroxylation is 1. The van der Waals surface area contributed by atoms with Gasteiger partial charge in [0, 0.05) is 18.0 Å². The number of rotatable bonds is 4. The monoisotopic (exact) mass is 233 g/mol. The van der Waals surface area contributed by atoms with Crippen molar-refractivity contribution in [3.63, 3.8) is 0 Å². The molecule has 2 N–H and O–H groups in total. The van der Waals surface area contributed by atoms with Crippen LogP contribution in [0.1, 0.15) is 11.4 Å². The summed E-state index contributed by atoms with van der Waals surface area (Å²) in [5, 5.41) is 13.6. The Bertz CT molecular complexity index is 523. The molecule has 0 aliphatic rings. The predicted octanol–water partition coefficient (Wildman–Crippen LogP) is 1.63. The van der Waals surface area contributed by atoms with E-state index in [1.54, 1.807) is 25.4 Å². The van der Waals surface area contributed by atoms with Crippen molar-refractivity contribution in [3.05, 3.63) is 46.2 Å².